The van der Waals surface area contributed by atoms with Crippen molar-refractivity contribution in [2.75, 3.05) is 0 Å². The molecule has 0 amide bonds. The predicted octanol–water partition coefficient (Wildman–Crippen LogP) is 7.89. The molecule has 0 unspecified atom stereocenters. The molecular formula is C31H24Zr. The van der Waals surface area contributed by atoms with Gasteiger partial charge in [-0.3, -0.25) is 0 Å². The van der Waals surface area contributed by atoms with Crippen molar-refractivity contribution >= 4 is 0 Å². The van der Waals surface area contributed by atoms with Crippen molar-refractivity contribution in [1.29, 1.82) is 0 Å². The molecule has 0 atom stereocenters. The van der Waals surface area contributed by atoms with E-state index in [2.05, 4.69) is 121 Å². The molecule has 4 aromatic rings. The van der Waals surface area contributed by atoms with E-state index in [-0.39, 0.29) is 0 Å². The summed E-state index contributed by atoms with van der Waals surface area (Å²) in [6.07, 6.45) is 5.95. The zero-order valence-corrected chi connectivity index (χ0v) is 20.4. The summed E-state index contributed by atoms with van der Waals surface area (Å²) in [5, 5.41) is 0. The average molecular weight is 488 g/mol. The van der Waals surface area contributed by atoms with Crippen LogP contribution in [-0.4, -0.2) is 0 Å². The Labute approximate surface area is 201 Å². The van der Waals surface area contributed by atoms with Gasteiger partial charge in [-0.1, -0.05) is 0 Å². The Morgan fingerprint density at radius 2 is 1.09 bits per heavy atom. The fraction of sp³-hybridized carbons (Fsp3) is 0.0968. The summed E-state index contributed by atoms with van der Waals surface area (Å²) in [7, 11) is 0. The summed E-state index contributed by atoms with van der Waals surface area (Å²) in [5.74, 6) is 0.318. The number of benzene rings is 4. The zero-order chi connectivity index (χ0) is 21.3. The van der Waals surface area contributed by atoms with Crippen molar-refractivity contribution in [2.24, 2.45) is 0 Å². The molecule has 0 saturated heterocycles. The summed E-state index contributed by atoms with van der Waals surface area (Å²) < 4.78 is 2.34. The van der Waals surface area contributed by atoms with Crippen molar-refractivity contribution in [1.82, 2.24) is 0 Å². The number of hydrogen-bond acceptors (Lipinski definition) is 0. The van der Waals surface area contributed by atoms with Crippen molar-refractivity contribution in [2.45, 2.75) is 16.0 Å². The van der Waals surface area contributed by atoms with Gasteiger partial charge in [0.05, 0.1) is 0 Å². The van der Waals surface area contributed by atoms with Gasteiger partial charge >= 0.3 is 203 Å². The van der Waals surface area contributed by atoms with E-state index in [4.69, 9.17) is 0 Å². The first-order chi connectivity index (χ1) is 15.9. The van der Waals surface area contributed by atoms with Crippen LogP contribution in [-0.2, 0) is 23.2 Å². The van der Waals surface area contributed by atoms with E-state index in [1.165, 1.54) is 22.3 Å². The van der Waals surface area contributed by atoms with Crippen LogP contribution in [0, 0.1) is 0 Å². The van der Waals surface area contributed by atoms with Crippen LogP contribution in [0.25, 0.3) is 11.1 Å². The molecule has 2 aliphatic rings. The van der Waals surface area contributed by atoms with Crippen LogP contribution in [0.1, 0.15) is 38.2 Å². The van der Waals surface area contributed by atoms with Gasteiger partial charge in [-0.25, -0.2) is 0 Å². The molecule has 6 rings (SSSR count). The summed E-state index contributed by atoms with van der Waals surface area (Å²) in [4.78, 5) is 0. The third-order valence-electron chi connectivity index (χ3n) is 6.70. The second-order valence-electron chi connectivity index (χ2n) is 8.55. The molecule has 0 nitrogen and oxygen atoms in total. The second-order valence-corrected chi connectivity index (χ2v) is 12.2. The fourth-order valence-electron chi connectivity index (χ4n) is 5.26. The van der Waals surface area contributed by atoms with Gasteiger partial charge in [0.25, 0.3) is 0 Å². The van der Waals surface area contributed by atoms with Gasteiger partial charge in [0.2, 0.25) is 0 Å². The first-order valence-corrected chi connectivity index (χ1v) is 14.0. The summed E-state index contributed by atoms with van der Waals surface area (Å²) in [5.41, 5.74) is 10.3. The average Bonchev–Trinajstić information content (AvgIpc) is 3.44. The summed E-state index contributed by atoms with van der Waals surface area (Å²) in [6, 6.07) is 40.3. The third-order valence-corrected chi connectivity index (χ3v) is 11.0. The van der Waals surface area contributed by atoms with Gasteiger partial charge in [0, 0.05) is 0 Å². The Morgan fingerprint density at radius 1 is 0.594 bits per heavy atom. The van der Waals surface area contributed by atoms with E-state index in [1.54, 1.807) is 20.0 Å². The molecule has 0 saturated carbocycles. The van der Waals surface area contributed by atoms with Gasteiger partial charge in [0.15, 0.2) is 0 Å². The van der Waals surface area contributed by atoms with Gasteiger partial charge in [0.1, 0.15) is 0 Å². The van der Waals surface area contributed by atoms with Crippen LogP contribution in [0.3, 0.4) is 0 Å². The van der Waals surface area contributed by atoms with Gasteiger partial charge in [-0.05, 0) is 0 Å². The second kappa shape index (κ2) is 8.64. The molecule has 0 heterocycles. The number of rotatable bonds is 5. The van der Waals surface area contributed by atoms with Gasteiger partial charge < -0.3 is 0 Å². The maximum absolute atomic E-state index is 2.42. The molecule has 0 spiro atoms. The van der Waals surface area contributed by atoms with Crippen LogP contribution in [0.4, 0.5) is 0 Å². The first kappa shape index (κ1) is 19.9. The minimum atomic E-state index is -0.897. The third kappa shape index (κ3) is 3.50. The molecule has 152 valence electrons. The molecule has 1 heteroatoms. The molecular weight excluding hydrogens is 464 g/mol. The predicted molar refractivity (Wildman–Crippen MR) is 129 cm³/mol. The molecule has 0 aromatic heterocycles. The maximum atomic E-state index is 2.42. The van der Waals surface area contributed by atoms with E-state index in [0.717, 1.165) is 6.42 Å². The number of allylic oxidation sites excluding steroid dienone is 4. The molecule has 0 radical (unpaired) electrons. The van der Waals surface area contributed by atoms with Crippen LogP contribution in [0.15, 0.2) is 130 Å². The molecule has 0 bridgehead atoms. The normalized spacial score (nSPS) is 14.7. The quantitative estimate of drug-likeness (QED) is 0.268. The molecule has 0 aliphatic heterocycles. The van der Waals surface area contributed by atoms with E-state index < -0.39 is 23.2 Å². The Balaban J connectivity index is 1.45. The Hall–Kier alpha value is -2.76. The molecule has 0 N–H and O–H groups in total. The molecule has 32 heavy (non-hydrogen) atoms. The Morgan fingerprint density at radius 3 is 1.66 bits per heavy atom. The fourth-order valence-corrected chi connectivity index (χ4v) is 9.67. The summed E-state index contributed by atoms with van der Waals surface area (Å²) >= 11 is -0.897. The minimum absolute atomic E-state index is 0.318. The molecule has 0 fully saturated rings. The van der Waals surface area contributed by atoms with E-state index in [0.29, 0.717) is 9.54 Å². The van der Waals surface area contributed by atoms with E-state index in [1.807, 2.05) is 0 Å². The van der Waals surface area contributed by atoms with Crippen molar-refractivity contribution in [3.8, 4) is 11.1 Å². The Bertz CT molecular complexity index is 1230. The van der Waals surface area contributed by atoms with Crippen LogP contribution < -0.4 is 0 Å². The van der Waals surface area contributed by atoms with Crippen LogP contribution in [0.2, 0.25) is 0 Å². The number of hydrogen-bond donors (Lipinski definition) is 0. The Kier molecular flexibility index (Phi) is 5.37. The van der Waals surface area contributed by atoms with E-state index in [9.17, 15) is 0 Å². The molecule has 2 aliphatic carbocycles. The van der Waals surface area contributed by atoms with Crippen LogP contribution >= 0.6 is 0 Å². The SMILES string of the molecule is C1=CC(C(c2ccccc2)c2ccccc2)=[C]([Zr][CH]2c3ccccc3-c3ccccc32)C1. The van der Waals surface area contributed by atoms with Crippen molar-refractivity contribution in [3.05, 3.63) is 152 Å². The zero-order valence-electron chi connectivity index (χ0n) is 17.9. The molecule has 4 aromatic carbocycles. The van der Waals surface area contributed by atoms with Gasteiger partial charge in [-0.15, -0.1) is 0 Å². The summed E-state index contributed by atoms with van der Waals surface area (Å²) in [6.45, 7) is 0. The standard InChI is InChI=1S/C18H15.C13H9.Zr/c1-3-9-15(10-4-1)18(17-13-7-8-14-17)16-11-5-2-6-12-16;1-3-7-12-10(5-1)9-11-6-2-4-8-13(11)12;/h1-7,9-13,18H,8H2;1-9H;. The van der Waals surface area contributed by atoms with Crippen LogP contribution in [0.5, 0.6) is 0 Å². The topological polar surface area (TPSA) is 0 Å². The monoisotopic (exact) mass is 486 g/mol. The first-order valence-electron chi connectivity index (χ1n) is 11.3. The van der Waals surface area contributed by atoms with E-state index >= 15 is 0 Å². The number of fused-ring (bicyclic) bond motifs is 3. The van der Waals surface area contributed by atoms with Crippen molar-refractivity contribution < 1.29 is 23.2 Å². The van der Waals surface area contributed by atoms with Gasteiger partial charge in [-0.2, -0.15) is 0 Å². The van der Waals surface area contributed by atoms with Crippen molar-refractivity contribution in [3.63, 3.8) is 0 Å².